The lowest BCUT2D eigenvalue weighted by Crippen LogP contribution is -2.42. The molecule has 3 rings (SSSR count). The Hall–Kier alpha value is -1.76. The van der Waals surface area contributed by atoms with Crippen molar-refractivity contribution in [2.75, 3.05) is 32.7 Å². The molecule has 1 aliphatic heterocycles. The zero-order chi connectivity index (χ0) is 17.9. The summed E-state index contributed by atoms with van der Waals surface area (Å²) in [5, 5.41) is 2.90. The first-order valence-electron chi connectivity index (χ1n) is 8.83. The molecule has 25 heavy (non-hydrogen) atoms. The summed E-state index contributed by atoms with van der Waals surface area (Å²) in [4.78, 5) is 15.3. The second-order valence-electron chi connectivity index (χ2n) is 6.85. The van der Waals surface area contributed by atoms with E-state index in [1.54, 1.807) is 4.90 Å². The number of halogens is 3. The van der Waals surface area contributed by atoms with Crippen molar-refractivity contribution in [3.05, 3.63) is 34.9 Å². The van der Waals surface area contributed by atoms with Crippen molar-refractivity contribution in [1.29, 1.82) is 0 Å². The summed E-state index contributed by atoms with van der Waals surface area (Å²) in [7, 11) is 0. The molecular formula is C18H24F3N3O. The van der Waals surface area contributed by atoms with Crippen LogP contribution in [-0.2, 0) is 19.4 Å². The van der Waals surface area contributed by atoms with Gasteiger partial charge in [0.2, 0.25) is 0 Å². The van der Waals surface area contributed by atoms with E-state index in [2.05, 4.69) is 17.4 Å². The van der Waals surface area contributed by atoms with E-state index in [1.165, 1.54) is 22.4 Å². The maximum Gasteiger partial charge on any atom is 0.401 e. The lowest BCUT2D eigenvalue weighted by Gasteiger charge is -2.23. The molecule has 138 valence electrons. The van der Waals surface area contributed by atoms with Crippen LogP contribution in [0.15, 0.2) is 18.2 Å². The summed E-state index contributed by atoms with van der Waals surface area (Å²) >= 11 is 0. The van der Waals surface area contributed by atoms with Crippen LogP contribution in [0, 0.1) is 0 Å². The first-order valence-corrected chi connectivity index (χ1v) is 8.83. The highest BCUT2D eigenvalue weighted by Crippen LogP contribution is 2.23. The molecule has 0 aromatic heterocycles. The molecule has 1 fully saturated rings. The fraction of sp³-hybridized carbons (Fsp3) is 0.611. The van der Waals surface area contributed by atoms with Gasteiger partial charge in [0.25, 0.3) is 0 Å². The number of rotatable bonds is 3. The Labute approximate surface area is 146 Å². The van der Waals surface area contributed by atoms with E-state index in [0.29, 0.717) is 32.6 Å². The van der Waals surface area contributed by atoms with Crippen LogP contribution in [0.5, 0.6) is 0 Å². The highest BCUT2D eigenvalue weighted by molar-refractivity contribution is 5.74. The van der Waals surface area contributed by atoms with Gasteiger partial charge in [0.15, 0.2) is 0 Å². The number of fused-ring (bicyclic) bond motifs is 1. The Balaban J connectivity index is 1.48. The topological polar surface area (TPSA) is 35.6 Å². The van der Waals surface area contributed by atoms with Crippen molar-refractivity contribution in [2.45, 2.75) is 38.4 Å². The van der Waals surface area contributed by atoms with Crippen LogP contribution in [0.4, 0.5) is 18.0 Å². The molecule has 1 aromatic rings. The summed E-state index contributed by atoms with van der Waals surface area (Å²) in [6.07, 6.45) is -0.219. The highest BCUT2D eigenvalue weighted by atomic mass is 19.4. The second kappa shape index (κ2) is 7.64. The fourth-order valence-electron chi connectivity index (χ4n) is 3.61. The van der Waals surface area contributed by atoms with Gasteiger partial charge in [-0.2, -0.15) is 13.2 Å². The first-order chi connectivity index (χ1) is 11.9. The SMILES string of the molecule is O=C(NCc1ccc2c(c1)CCC2)N1CCCN(CC(F)(F)F)CC1. The van der Waals surface area contributed by atoms with Crippen molar-refractivity contribution in [3.8, 4) is 0 Å². The Morgan fingerprint density at radius 2 is 1.84 bits per heavy atom. The van der Waals surface area contributed by atoms with E-state index >= 15 is 0 Å². The largest absolute Gasteiger partial charge is 0.401 e. The van der Waals surface area contributed by atoms with Gasteiger partial charge in [-0.3, -0.25) is 4.90 Å². The molecule has 0 spiro atoms. The Morgan fingerprint density at radius 1 is 1.04 bits per heavy atom. The lowest BCUT2D eigenvalue weighted by atomic mass is 10.1. The van der Waals surface area contributed by atoms with Crippen LogP contribution in [0.1, 0.15) is 29.5 Å². The van der Waals surface area contributed by atoms with Crippen molar-refractivity contribution in [1.82, 2.24) is 15.1 Å². The summed E-state index contributed by atoms with van der Waals surface area (Å²) in [6, 6.07) is 6.12. The average molecular weight is 355 g/mol. The number of alkyl halides is 3. The van der Waals surface area contributed by atoms with E-state index in [4.69, 9.17) is 0 Å². The number of hydrogen-bond donors (Lipinski definition) is 1. The van der Waals surface area contributed by atoms with Crippen molar-refractivity contribution < 1.29 is 18.0 Å². The molecule has 2 amide bonds. The van der Waals surface area contributed by atoms with Crippen LogP contribution in [-0.4, -0.2) is 54.7 Å². The molecule has 0 unspecified atom stereocenters. The van der Waals surface area contributed by atoms with E-state index in [1.807, 2.05) is 6.07 Å². The van der Waals surface area contributed by atoms with Gasteiger partial charge in [-0.25, -0.2) is 4.79 Å². The summed E-state index contributed by atoms with van der Waals surface area (Å²) in [6.45, 7) is 0.989. The van der Waals surface area contributed by atoms with Crippen molar-refractivity contribution in [2.24, 2.45) is 0 Å². The Kier molecular flexibility index (Phi) is 5.51. The van der Waals surface area contributed by atoms with Crippen LogP contribution in [0.3, 0.4) is 0 Å². The Morgan fingerprint density at radius 3 is 2.64 bits per heavy atom. The zero-order valence-corrected chi connectivity index (χ0v) is 14.2. The third-order valence-electron chi connectivity index (χ3n) is 4.89. The highest BCUT2D eigenvalue weighted by Gasteiger charge is 2.31. The number of carbonyl (C=O) groups excluding carboxylic acids is 1. The molecule has 0 bridgehead atoms. The molecule has 1 aromatic carbocycles. The molecule has 4 nitrogen and oxygen atoms in total. The number of hydrogen-bond acceptors (Lipinski definition) is 2. The molecule has 1 heterocycles. The molecule has 1 aliphatic carbocycles. The molecule has 1 saturated heterocycles. The molecule has 1 N–H and O–H groups in total. The smallest absolute Gasteiger partial charge is 0.334 e. The van der Waals surface area contributed by atoms with Crippen LogP contribution in [0.2, 0.25) is 0 Å². The maximum absolute atomic E-state index is 12.5. The van der Waals surface area contributed by atoms with Crippen LogP contribution < -0.4 is 5.32 Å². The van der Waals surface area contributed by atoms with E-state index in [0.717, 1.165) is 18.4 Å². The second-order valence-corrected chi connectivity index (χ2v) is 6.85. The summed E-state index contributed by atoms with van der Waals surface area (Å²) in [5.74, 6) is 0. The third-order valence-corrected chi connectivity index (χ3v) is 4.89. The number of urea groups is 1. The van der Waals surface area contributed by atoms with Crippen molar-refractivity contribution in [3.63, 3.8) is 0 Å². The van der Waals surface area contributed by atoms with Crippen LogP contribution >= 0.6 is 0 Å². The summed E-state index contributed by atoms with van der Waals surface area (Å²) < 4.78 is 37.5. The van der Waals surface area contributed by atoms with Gasteiger partial charge in [-0.05, 0) is 42.4 Å². The third kappa shape index (κ3) is 5.11. The fourth-order valence-corrected chi connectivity index (χ4v) is 3.61. The minimum absolute atomic E-state index is 0.200. The summed E-state index contributed by atoms with van der Waals surface area (Å²) in [5.41, 5.74) is 3.83. The van der Waals surface area contributed by atoms with Gasteiger partial charge >= 0.3 is 12.2 Å². The number of nitrogens with zero attached hydrogens (tertiary/aromatic N) is 2. The van der Waals surface area contributed by atoms with Gasteiger partial charge in [-0.15, -0.1) is 0 Å². The number of amides is 2. The average Bonchev–Trinajstić information content (AvgIpc) is 2.90. The monoisotopic (exact) mass is 355 g/mol. The minimum atomic E-state index is -4.19. The molecule has 0 saturated carbocycles. The van der Waals surface area contributed by atoms with E-state index in [9.17, 15) is 18.0 Å². The normalized spacial score (nSPS) is 18.8. The molecule has 0 atom stereocenters. The van der Waals surface area contributed by atoms with Gasteiger partial charge < -0.3 is 10.2 Å². The lowest BCUT2D eigenvalue weighted by molar-refractivity contribution is -0.145. The maximum atomic E-state index is 12.5. The molecular weight excluding hydrogens is 331 g/mol. The first kappa shape index (κ1) is 18.0. The van der Waals surface area contributed by atoms with E-state index in [-0.39, 0.29) is 12.6 Å². The van der Waals surface area contributed by atoms with Crippen LogP contribution in [0.25, 0.3) is 0 Å². The molecule has 2 aliphatic rings. The quantitative estimate of drug-likeness (QED) is 0.905. The molecule has 0 radical (unpaired) electrons. The zero-order valence-electron chi connectivity index (χ0n) is 14.2. The predicted molar refractivity (Wildman–Crippen MR) is 89.4 cm³/mol. The number of carbonyl (C=O) groups is 1. The van der Waals surface area contributed by atoms with Gasteiger partial charge in [-0.1, -0.05) is 18.2 Å². The van der Waals surface area contributed by atoms with E-state index < -0.39 is 12.7 Å². The van der Waals surface area contributed by atoms with Gasteiger partial charge in [0.05, 0.1) is 6.54 Å². The number of nitrogens with one attached hydrogen (secondary N) is 1. The molecule has 7 heteroatoms. The van der Waals surface area contributed by atoms with Gasteiger partial charge in [0.1, 0.15) is 0 Å². The predicted octanol–water partition coefficient (Wildman–Crippen LogP) is 2.95. The number of benzene rings is 1. The van der Waals surface area contributed by atoms with Gasteiger partial charge in [0, 0.05) is 32.7 Å². The van der Waals surface area contributed by atoms with Crippen molar-refractivity contribution >= 4 is 6.03 Å². The Bertz CT molecular complexity index is 618. The minimum Gasteiger partial charge on any atom is -0.334 e. The number of aryl methyl sites for hydroxylation is 2. The standard InChI is InChI=1S/C18H24F3N3O/c19-18(20,21)13-23-7-2-8-24(10-9-23)17(25)22-12-14-5-6-15-3-1-4-16(15)11-14/h5-6,11H,1-4,7-10,12-13H2,(H,22,25).